The lowest BCUT2D eigenvalue weighted by molar-refractivity contribution is 0.440. The van der Waals surface area contributed by atoms with Crippen LogP contribution in [0.5, 0.6) is 0 Å². The average molecular weight is 126 g/mol. The van der Waals surface area contributed by atoms with Gasteiger partial charge in [0.15, 0.2) is 0 Å². The maximum absolute atomic E-state index is 5.29. The fourth-order valence-corrected chi connectivity index (χ4v) is 1.31. The second-order valence-electron chi connectivity index (χ2n) is 1.87. The first-order valence-corrected chi connectivity index (χ1v) is 4.37. The van der Waals surface area contributed by atoms with Crippen LogP contribution >= 0.6 is 0 Å². The van der Waals surface area contributed by atoms with Crippen LogP contribution in [0.2, 0.25) is 6.55 Å². The molecule has 0 heterocycles. The summed E-state index contributed by atoms with van der Waals surface area (Å²) in [5, 5.41) is 0. The molecule has 0 atom stereocenters. The molecule has 0 saturated heterocycles. The van der Waals surface area contributed by atoms with E-state index in [1.54, 1.807) is 0 Å². The highest BCUT2D eigenvalue weighted by Crippen LogP contribution is 2.17. The summed E-state index contributed by atoms with van der Waals surface area (Å²) in [6.07, 6.45) is 5.87. The highest BCUT2D eigenvalue weighted by Gasteiger charge is 2.02. The first kappa shape index (κ1) is 5.89. The van der Waals surface area contributed by atoms with Crippen molar-refractivity contribution in [1.82, 2.24) is 0 Å². The molecule has 0 unspecified atom stereocenters. The van der Waals surface area contributed by atoms with Crippen LogP contribution in [0.3, 0.4) is 0 Å². The second kappa shape index (κ2) is 2.92. The third kappa shape index (κ3) is 1.37. The minimum atomic E-state index is 0.623. The van der Waals surface area contributed by atoms with E-state index in [2.05, 4.69) is 12.6 Å². The molecular formula is C6H10OSi. The first-order valence-electron chi connectivity index (χ1n) is 2.96. The molecule has 0 aliphatic heterocycles. The molecule has 0 amide bonds. The van der Waals surface area contributed by atoms with E-state index in [1.165, 1.54) is 25.0 Å². The Hall–Kier alpha value is -0.243. The summed E-state index contributed by atoms with van der Waals surface area (Å²) >= 11 is 0. The summed E-state index contributed by atoms with van der Waals surface area (Å²) in [7, 11) is 0.623. The van der Waals surface area contributed by atoms with E-state index in [4.69, 9.17) is 4.43 Å². The summed E-state index contributed by atoms with van der Waals surface area (Å²) in [5.41, 5.74) is 0. The molecule has 1 nitrogen and oxygen atoms in total. The van der Waals surface area contributed by atoms with E-state index in [0.717, 1.165) is 0 Å². The largest absolute Gasteiger partial charge is 0.544 e. The van der Waals surface area contributed by atoms with Crippen molar-refractivity contribution in [2.75, 3.05) is 0 Å². The van der Waals surface area contributed by atoms with E-state index in [9.17, 15) is 0 Å². The van der Waals surface area contributed by atoms with Crippen molar-refractivity contribution in [3.63, 3.8) is 0 Å². The van der Waals surface area contributed by atoms with Crippen LogP contribution in [0, 0.1) is 0 Å². The van der Waals surface area contributed by atoms with Crippen LogP contribution in [0.15, 0.2) is 11.8 Å². The Morgan fingerprint density at radius 2 is 2.62 bits per heavy atom. The first-order chi connectivity index (χ1) is 3.93. The van der Waals surface area contributed by atoms with Gasteiger partial charge in [-0.2, -0.15) is 0 Å². The molecule has 1 aliphatic carbocycles. The van der Waals surface area contributed by atoms with Crippen molar-refractivity contribution in [2.45, 2.75) is 25.8 Å². The third-order valence-corrected chi connectivity index (χ3v) is 1.70. The molecule has 2 radical (unpaired) electrons. The van der Waals surface area contributed by atoms with Crippen molar-refractivity contribution in [2.24, 2.45) is 0 Å². The SMILES string of the molecule is C[Si]OC1=CCCC1. The topological polar surface area (TPSA) is 9.23 Å². The molecule has 0 N–H and O–H groups in total. The predicted octanol–water partition coefficient (Wildman–Crippen LogP) is 1.74. The Morgan fingerprint density at radius 3 is 3.12 bits per heavy atom. The van der Waals surface area contributed by atoms with Crippen LogP contribution < -0.4 is 0 Å². The summed E-state index contributed by atoms with van der Waals surface area (Å²) < 4.78 is 5.29. The molecule has 0 saturated carbocycles. The zero-order valence-electron chi connectivity index (χ0n) is 5.11. The molecule has 1 aliphatic rings. The van der Waals surface area contributed by atoms with Crippen LogP contribution in [0.4, 0.5) is 0 Å². The Balaban J connectivity index is 2.23. The zero-order chi connectivity index (χ0) is 5.82. The van der Waals surface area contributed by atoms with Crippen LogP contribution in [-0.4, -0.2) is 9.76 Å². The molecule has 0 spiro atoms. The van der Waals surface area contributed by atoms with Gasteiger partial charge in [0.05, 0.1) is 5.76 Å². The van der Waals surface area contributed by atoms with E-state index in [0.29, 0.717) is 9.76 Å². The Bertz CT molecular complexity index is 98.7. The molecule has 44 valence electrons. The number of rotatable bonds is 2. The van der Waals surface area contributed by atoms with Gasteiger partial charge in [-0.05, 0) is 25.5 Å². The second-order valence-corrected chi connectivity index (χ2v) is 2.48. The zero-order valence-corrected chi connectivity index (χ0v) is 6.11. The number of hydrogen-bond acceptors (Lipinski definition) is 1. The van der Waals surface area contributed by atoms with Gasteiger partial charge in [0.2, 0.25) is 0 Å². The Kier molecular flexibility index (Phi) is 2.15. The Morgan fingerprint density at radius 1 is 1.75 bits per heavy atom. The van der Waals surface area contributed by atoms with Crippen molar-refractivity contribution in [3.8, 4) is 0 Å². The smallest absolute Gasteiger partial charge is 0.306 e. The lowest BCUT2D eigenvalue weighted by Gasteiger charge is -1.99. The van der Waals surface area contributed by atoms with Crippen molar-refractivity contribution in [1.29, 1.82) is 0 Å². The van der Waals surface area contributed by atoms with Gasteiger partial charge in [-0.25, -0.2) is 0 Å². The lowest BCUT2D eigenvalue weighted by Crippen LogP contribution is -1.89. The fourth-order valence-electron chi connectivity index (χ4n) is 0.865. The summed E-state index contributed by atoms with van der Waals surface area (Å²) in [6.45, 7) is 2.05. The van der Waals surface area contributed by atoms with Crippen LogP contribution in [-0.2, 0) is 4.43 Å². The molecule has 8 heavy (non-hydrogen) atoms. The molecule has 2 heteroatoms. The van der Waals surface area contributed by atoms with Crippen LogP contribution in [0.25, 0.3) is 0 Å². The van der Waals surface area contributed by atoms with Crippen molar-refractivity contribution < 1.29 is 4.43 Å². The lowest BCUT2D eigenvalue weighted by atomic mass is 10.4. The van der Waals surface area contributed by atoms with E-state index < -0.39 is 0 Å². The van der Waals surface area contributed by atoms with Gasteiger partial charge in [0.1, 0.15) is 0 Å². The fraction of sp³-hybridized carbons (Fsp3) is 0.667. The van der Waals surface area contributed by atoms with Crippen molar-refractivity contribution in [3.05, 3.63) is 11.8 Å². The van der Waals surface area contributed by atoms with E-state index >= 15 is 0 Å². The Labute approximate surface area is 52.7 Å². The molecule has 0 aromatic heterocycles. The monoisotopic (exact) mass is 126 g/mol. The van der Waals surface area contributed by atoms with Gasteiger partial charge in [-0.3, -0.25) is 0 Å². The van der Waals surface area contributed by atoms with Crippen molar-refractivity contribution >= 4 is 9.76 Å². The minimum Gasteiger partial charge on any atom is -0.544 e. The quantitative estimate of drug-likeness (QED) is 0.512. The van der Waals surface area contributed by atoms with Gasteiger partial charge in [0.25, 0.3) is 0 Å². The summed E-state index contributed by atoms with van der Waals surface area (Å²) in [5.74, 6) is 1.21. The molecule has 0 aromatic carbocycles. The van der Waals surface area contributed by atoms with Gasteiger partial charge in [-0.15, -0.1) is 0 Å². The van der Waals surface area contributed by atoms with E-state index in [-0.39, 0.29) is 0 Å². The standard InChI is InChI=1S/C6H10OSi/c1-8-7-6-4-2-3-5-6/h4H,2-3,5H2,1H3. The molecule has 0 fully saturated rings. The molecule has 0 aromatic rings. The predicted molar refractivity (Wildman–Crippen MR) is 34.6 cm³/mol. The van der Waals surface area contributed by atoms with E-state index in [1.807, 2.05) is 0 Å². The molecular weight excluding hydrogens is 116 g/mol. The van der Waals surface area contributed by atoms with Gasteiger partial charge in [0, 0.05) is 6.42 Å². The summed E-state index contributed by atoms with van der Waals surface area (Å²) in [4.78, 5) is 0. The molecule has 0 bridgehead atoms. The summed E-state index contributed by atoms with van der Waals surface area (Å²) in [6, 6.07) is 0. The maximum Gasteiger partial charge on any atom is 0.306 e. The van der Waals surface area contributed by atoms with Crippen LogP contribution in [0.1, 0.15) is 19.3 Å². The minimum absolute atomic E-state index is 0.623. The maximum atomic E-state index is 5.29. The molecule has 1 rings (SSSR count). The number of hydrogen-bond donors (Lipinski definition) is 0. The highest BCUT2D eigenvalue weighted by atomic mass is 28.2. The number of allylic oxidation sites excluding steroid dienone is 2. The average Bonchev–Trinajstić information content (AvgIpc) is 2.19. The van der Waals surface area contributed by atoms with Gasteiger partial charge < -0.3 is 4.43 Å². The normalized spacial score (nSPS) is 18.4. The van der Waals surface area contributed by atoms with Gasteiger partial charge >= 0.3 is 9.76 Å². The highest BCUT2D eigenvalue weighted by molar-refractivity contribution is 6.25. The van der Waals surface area contributed by atoms with Gasteiger partial charge in [-0.1, -0.05) is 0 Å². The third-order valence-electron chi connectivity index (χ3n) is 1.23.